The van der Waals surface area contributed by atoms with Crippen LogP contribution in [0.4, 0.5) is 11.4 Å². The fourth-order valence-corrected chi connectivity index (χ4v) is 3.26. The van der Waals surface area contributed by atoms with E-state index >= 15 is 0 Å². The number of para-hydroxylation sites is 1. The van der Waals surface area contributed by atoms with Gasteiger partial charge in [0.05, 0.1) is 18.1 Å². The number of benzene rings is 2. The summed E-state index contributed by atoms with van der Waals surface area (Å²) < 4.78 is 5.09. The first kappa shape index (κ1) is 20.8. The molecule has 2 aromatic carbocycles. The van der Waals surface area contributed by atoms with E-state index in [0.717, 1.165) is 29.0 Å². The van der Waals surface area contributed by atoms with Gasteiger partial charge in [0, 0.05) is 11.4 Å². The Morgan fingerprint density at radius 2 is 1.81 bits per heavy atom. The van der Waals surface area contributed by atoms with Crippen molar-refractivity contribution in [2.24, 2.45) is 0 Å². The lowest BCUT2D eigenvalue weighted by Crippen LogP contribution is -2.25. The van der Waals surface area contributed by atoms with Crippen LogP contribution in [0.1, 0.15) is 25.0 Å². The van der Waals surface area contributed by atoms with Crippen LogP contribution in [0.15, 0.2) is 42.5 Å². The Bertz CT molecular complexity index is 791. The first-order chi connectivity index (χ1) is 12.9. The van der Waals surface area contributed by atoms with Crippen molar-refractivity contribution < 1.29 is 14.3 Å². The normalized spacial score (nSPS) is 11.6. The van der Waals surface area contributed by atoms with Crippen molar-refractivity contribution in [1.82, 2.24) is 0 Å². The fourth-order valence-electron chi connectivity index (χ4n) is 2.57. The van der Waals surface area contributed by atoms with Gasteiger partial charge in [0.1, 0.15) is 5.75 Å². The number of hydrogen-bond donors (Lipinski definition) is 2. The quantitative estimate of drug-likeness (QED) is 0.711. The van der Waals surface area contributed by atoms with Gasteiger partial charge in [-0.25, -0.2) is 0 Å². The minimum absolute atomic E-state index is 0.0961. The second-order valence-electron chi connectivity index (χ2n) is 6.18. The average molecular weight is 387 g/mol. The van der Waals surface area contributed by atoms with Crippen molar-refractivity contribution in [2.75, 3.05) is 23.5 Å². The van der Waals surface area contributed by atoms with Crippen LogP contribution in [-0.2, 0) is 16.0 Å². The Morgan fingerprint density at radius 3 is 2.44 bits per heavy atom. The standard InChI is InChI=1S/C21H26N2O3S/c1-5-16-8-6-7-14(2)20(16)23-21(25)15(3)27-13-19(24)22-17-9-11-18(26-4)12-10-17/h6-12,15H,5,13H2,1-4H3,(H,22,24)(H,23,25)/t15-/m0/s1. The average Bonchev–Trinajstić information content (AvgIpc) is 2.68. The number of nitrogens with one attached hydrogen (secondary N) is 2. The molecule has 0 unspecified atom stereocenters. The van der Waals surface area contributed by atoms with Crippen LogP contribution in [0.25, 0.3) is 0 Å². The van der Waals surface area contributed by atoms with Crippen molar-refractivity contribution >= 4 is 35.0 Å². The van der Waals surface area contributed by atoms with Crippen LogP contribution in [0.5, 0.6) is 5.75 Å². The number of ether oxygens (including phenoxy) is 1. The molecule has 144 valence electrons. The second-order valence-corrected chi connectivity index (χ2v) is 7.51. The van der Waals surface area contributed by atoms with Gasteiger partial charge in [-0.3, -0.25) is 9.59 Å². The van der Waals surface area contributed by atoms with Crippen molar-refractivity contribution in [3.8, 4) is 5.75 Å². The molecule has 0 heterocycles. The van der Waals surface area contributed by atoms with Crippen LogP contribution in [0, 0.1) is 6.92 Å². The summed E-state index contributed by atoms with van der Waals surface area (Å²) in [4.78, 5) is 24.6. The Hall–Kier alpha value is -2.47. The largest absolute Gasteiger partial charge is 0.497 e. The number of rotatable bonds is 8. The van der Waals surface area contributed by atoms with Gasteiger partial charge in [-0.05, 0) is 55.7 Å². The third-order valence-corrected chi connectivity index (χ3v) is 5.34. The maximum absolute atomic E-state index is 12.5. The summed E-state index contributed by atoms with van der Waals surface area (Å²) in [7, 11) is 1.59. The van der Waals surface area contributed by atoms with Gasteiger partial charge in [-0.15, -0.1) is 11.8 Å². The minimum atomic E-state index is -0.337. The highest BCUT2D eigenvalue weighted by molar-refractivity contribution is 8.01. The molecule has 0 fully saturated rings. The van der Waals surface area contributed by atoms with Gasteiger partial charge in [-0.2, -0.15) is 0 Å². The monoisotopic (exact) mass is 386 g/mol. The van der Waals surface area contributed by atoms with Crippen molar-refractivity contribution in [3.63, 3.8) is 0 Å². The minimum Gasteiger partial charge on any atom is -0.497 e. The van der Waals surface area contributed by atoms with Crippen LogP contribution in [0.2, 0.25) is 0 Å². The molecule has 5 nitrogen and oxygen atoms in total. The van der Waals surface area contributed by atoms with Crippen molar-refractivity contribution in [2.45, 2.75) is 32.4 Å². The summed E-state index contributed by atoms with van der Waals surface area (Å²) in [6, 6.07) is 13.1. The highest BCUT2D eigenvalue weighted by atomic mass is 32.2. The fraction of sp³-hybridized carbons (Fsp3) is 0.333. The summed E-state index contributed by atoms with van der Waals surface area (Å²) >= 11 is 1.31. The lowest BCUT2D eigenvalue weighted by atomic mass is 10.1. The van der Waals surface area contributed by atoms with E-state index in [-0.39, 0.29) is 22.8 Å². The molecule has 0 aliphatic carbocycles. The number of thioether (sulfide) groups is 1. The molecule has 27 heavy (non-hydrogen) atoms. The molecule has 6 heteroatoms. The zero-order valence-corrected chi connectivity index (χ0v) is 17.0. The van der Waals surface area contributed by atoms with Gasteiger partial charge in [0.15, 0.2) is 0 Å². The molecule has 0 saturated heterocycles. The third-order valence-electron chi connectivity index (χ3n) is 4.20. The Balaban J connectivity index is 1.86. The molecule has 0 saturated carbocycles. The van der Waals surface area contributed by atoms with Gasteiger partial charge < -0.3 is 15.4 Å². The van der Waals surface area contributed by atoms with Gasteiger partial charge in [-0.1, -0.05) is 25.1 Å². The van der Waals surface area contributed by atoms with Gasteiger partial charge in [0.25, 0.3) is 0 Å². The Labute approximate surface area is 164 Å². The van der Waals surface area contributed by atoms with E-state index < -0.39 is 0 Å². The molecular weight excluding hydrogens is 360 g/mol. The van der Waals surface area contributed by atoms with E-state index in [1.54, 1.807) is 31.4 Å². The Morgan fingerprint density at radius 1 is 1.11 bits per heavy atom. The van der Waals surface area contributed by atoms with E-state index in [1.807, 2.05) is 32.0 Å². The summed E-state index contributed by atoms with van der Waals surface area (Å²) in [5, 5.41) is 5.49. The Kier molecular flexibility index (Phi) is 7.73. The summed E-state index contributed by atoms with van der Waals surface area (Å²) in [6.45, 7) is 5.85. The molecule has 0 aromatic heterocycles. The molecule has 2 amide bonds. The first-order valence-corrected chi connectivity index (χ1v) is 9.94. The van der Waals surface area contributed by atoms with Crippen LogP contribution < -0.4 is 15.4 Å². The van der Waals surface area contributed by atoms with E-state index in [1.165, 1.54) is 11.8 Å². The number of amides is 2. The summed E-state index contributed by atoms with van der Waals surface area (Å²) in [5.74, 6) is 0.696. The van der Waals surface area contributed by atoms with Gasteiger partial charge >= 0.3 is 0 Å². The number of anilines is 2. The van der Waals surface area contributed by atoms with E-state index in [4.69, 9.17) is 4.74 Å². The summed E-state index contributed by atoms with van der Waals surface area (Å²) in [6.07, 6.45) is 0.850. The number of carbonyl (C=O) groups excluding carboxylic acids is 2. The molecular formula is C21H26N2O3S. The van der Waals surface area contributed by atoms with Crippen LogP contribution in [-0.4, -0.2) is 29.9 Å². The van der Waals surface area contributed by atoms with Gasteiger partial charge in [0.2, 0.25) is 11.8 Å². The molecule has 2 aromatic rings. The third kappa shape index (κ3) is 6.03. The summed E-state index contributed by atoms with van der Waals surface area (Å²) in [5.41, 5.74) is 3.72. The van der Waals surface area contributed by atoms with Crippen LogP contribution in [0.3, 0.4) is 0 Å². The molecule has 0 aliphatic rings. The highest BCUT2D eigenvalue weighted by Gasteiger charge is 2.17. The highest BCUT2D eigenvalue weighted by Crippen LogP contribution is 2.23. The molecule has 2 N–H and O–H groups in total. The lowest BCUT2D eigenvalue weighted by molar-refractivity contribution is -0.115. The molecule has 0 spiro atoms. The maximum Gasteiger partial charge on any atom is 0.237 e. The van der Waals surface area contributed by atoms with Crippen molar-refractivity contribution in [1.29, 1.82) is 0 Å². The molecule has 1 atom stereocenters. The molecule has 2 rings (SSSR count). The van der Waals surface area contributed by atoms with Crippen molar-refractivity contribution in [3.05, 3.63) is 53.6 Å². The SMILES string of the molecule is CCc1cccc(C)c1NC(=O)[C@H](C)SCC(=O)Nc1ccc(OC)cc1. The molecule has 0 aliphatic heterocycles. The molecule has 0 bridgehead atoms. The van der Waals surface area contributed by atoms with E-state index in [9.17, 15) is 9.59 Å². The number of aryl methyl sites for hydroxylation is 2. The predicted molar refractivity (Wildman–Crippen MR) is 113 cm³/mol. The van der Waals surface area contributed by atoms with Crippen LogP contribution >= 0.6 is 11.8 Å². The first-order valence-electron chi connectivity index (χ1n) is 8.89. The topological polar surface area (TPSA) is 67.4 Å². The second kappa shape index (κ2) is 10.0. The number of methoxy groups -OCH3 is 1. The number of carbonyl (C=O) groups is 2. The zero-order chi connectivity index (χ0) is 19.8. The lowest BCUT2D eigenvalue weighted by Gasteiger charge is -2.16. The van der Waals surface area contributed by atoms with E-state index in [2.05, 4.69) is 17.6 Å². The molecule has 0 radical (unpaired) electrons. The predicted octanol–water partition coefficient (Wildman–Crippen LogP) is 4.26. The van der Waals surface area contributed by atoms with E-state index in [0.29, 0.717) is 5.69 Å². The number of hydrogen-bond acceptors (Lipinski definition) is 4. The smallest absolute Gasteiger partial charge is 0.237 e. The maximum atomic E-state index is 12.5. The zero-order valence-electron chi connectivity index (χ0n) is 16.2.